The number of benzene rings is 2. The number of carbonyl (C=O) groups is 3. The first kappa shape index (κ1) is 29.4. The SMILES string of the molecule is CC(C)CC(NC(=O)[C@H](CC(C)C)NC(=O)OCc1ccccc1)C(=O)CN1CCCc2ccccc2C1. The molecule has 3 rings (SSSR count). The second-order valence-electron chi connectivity index (χ2n) is 11.1. The van der Waals surface area contributed by atoms with Crippen LogP contribution < -0.4 is 10.6 Å². The highest BCUT2D eigenvalue weighted by molar-refractivity contribution is 5.93. The lowest BCUT2D eigenvalue weighted by molar-refractivity contribution is -0.130. The van der Waals surface area contributed by atoms with Gasteiger partial charge in [-0.15, -0.1) is 0 Å². The Bertz CT molecular complexity index is 1050. The van der Waals surface area contributed by atoms with Gasteiger partial charge in [-0.05, 0) is 60.8 Å². The van der Waals surface area contributed by atoms with Crippen LogP contribution in [0.15, 0.2) is 54.6 Å². The molecule has 2 aromatic rings. The Kier molecular flexibility index (Phi) is 11.3. The Morgan fingerprint density at radius 3 is 2.16 bits per heavy atom. The summed E-state index contributed by atoms with van der Waals surface area (Å²) in [4.78, 5) is 41.5. The average Bonchev–Trinajstić information content (AvgIpc) is 3.08. The maximum absolute atomic E-state index is 13.5. The van der Waals surface area contributed by atoms with Gasteiger partial charge in [0.15, 0.2) is 5.78 Å². The van der Waals surface area contributed by atoms with E-state index in [0.717, 1.165) is 31.5 Å². The van der Waals surface area contributed by atoms with Gasteiger partial charge < -0.3 is 15.4 Å². The predicted octanol–water partition coefficient (Wildman–Crippen LogP) is 4.88. The van der Waals surface area contributed by atoms with Gasteiger partial charge in [-0.3, -0.25) is 14.5 Å². The van der Waals surface area contributed by atoms with Gasteiger partial charge in [0.05, 0.1) is 12.6 Å². The summed E-state index contributed by atoms with van der Waals surface area (Å²) in [6.45, 7) is 10.0. The number of ketones is 1. The van der Waals surface area contributed by atoms with Crippen LogP contribution in [0.4, 0.5) is 4.79 Å². The van der Waals surface area contributed by atoms with Crippen LogP contribution >= 0.6 is 0 Å². The first-order valence-electron chi connectivity index (χ1n) is 13.8. The van der Waals surface area contributed by atoms with Gasteiger partial charge in [0, 0.05) is 6.54 Å². The summed E-state index contributed by atoms with van der Waals surface area (Å²) in [5.41, 5.74) is 3.47. The van der Waals surface area contributed by atoms with Crippen molar-refractivity contribution < 1.29 is 19.1 Å². The summed E-state index contributed by atoms with van der Waals surface area (Å²) in [5, 5.41) is 5.69. The number of hydrogen-bond donors (Lipinski definition) is 2. The van der Waals surface area contributed by atoms with Crippen molar-refractivity contribution in [3.8, 4) is 0 Å². The zero-order valence-electron chi connectivity index (χ0n) is 23.2. The van der Waals surface area contributed by atoms with E-state index in [-0.39, 0.29) is 36.7 Å². The van der Waals surface area contributed by atoms with Gasteiger partial charge in [-0.2, -0.15) is 0 Å². The molecule has 0 aromatic heterocycles. The minimum Gasteiger partial charge on any atom is -0.445 e. The van der Waals surface area contributed by atoms with E-state index in [1.807, 2.05) is 64.1 Å². The highest BCUT2D eigenvalue weighted by atomic mass is 16.5. The van der Waals surface area contributed by atoms with Crippen LogP contribution in [0.25, 0.3) is 0 Å². The quantitative estimate of drug-likeness (QED) is 0.416. The third kappa shape index (κ3) is 9.60. The van der Waals surface area contributed by atoms with E-state index < -0.39 is 18.2 Å². The normalized spacial score (nSPS) is 15.3. The van der Waals surface area contributed by atoms with Crippen LogP contribution in [0.5, 0.6) is 0 Å². The Morgan fingerprint density at radius 1 is 0.842 bits per heavy atom. The minimum atomic E-state index is -0.786. The fourth-order valence-corrected chi connectivity index (χ4v) is 4.86. The zero-order chi connectivity index (χ0) is 27.5. The molecule has 2 atom stereocenters. The third-order valence-corrected chi connectivity index (χ3v) is 6.75. The summed E-state index contributed by atoms with van der Waals surface area (Å²) in [7, 11) is 0. The summed E-state index contributed by atoms with van der Waals surface area (Å²) in [5.74, 6) is 0.0370. The van der Waals surface area contributed by atoms with Crippen molar-refractivity contribution in [2.75, 3.05) is 13.1 Å². The molecule has 7 nitrogen and oxygen atoms in total. The Balaban J connectivity index is 1.62. The van der Waals surface area contributed by atoms with Gasteiger partial charge in [0.1, 0.15) is 12.6 Å². The Hall–Kier alpha value is -3.19. The van der Waals surface area contributed by atoms with Crippen molar-refractivity contribution in [3.05, 3.63) is 71.3 Å². The topological polar surface area (TPSA) is 87.7 Å². The average molecular weight is 522 g/mol. The molecular weight excluding hydrogens is 478 g/mol. The second-order valence-corrected chi connectivity index (χ2v) is 11.1. The number of hydrogen-bond acceptors (Lipinski definition) is 5. The second kappa shape index (κ2) is 14.7. The van der Waals surface area contributed by atoms with Crippen molar-refractivity contribution in [3.63, 3.8) is 0 Å². The van der Waals surface area contributed by atoms with Crippen molar-refractivity contribution in [1.29, 1.82) is 0 Å². The standard InChI is InChI=1S/C31H43N3O4/c1-22(2)17-27(29(35)20-34-16-10-15-25-13-8-9-14-26(25)19-34)32-30(36)28(18-23(3)4)33-31(37)38-21-24-11-6-5-7-12-24/h5-9,11-14,22-23,27-28H,10,15-21H2,1-4H3,(H,32,36)(H,33,37)/t27?,28-/m0/s1. The molecule has 1 aliphatic rings. The first-order valence-corrected chi connectivity index (χ1v) is 13.8. The van der Waals surface area contributed by atoms with E-state index in [0.29, 0.717) is 12.8 Å². The van der Waals surface area contributed by atoms with Gasteiger partial charge in [-0.25, -0.2) is 4.79 Å². The summed E-state index contributed by atoms with van der Waals surface area (Å²) in [6.07, 6.45) is 2.34. The molecule has 0 spiro atoms. The summed E-state index contributed by atoms with van der Waals surface area (Å²) in [6, 6.07) is 16.4. The highest BCUT2D eigenvalue weighted by Crippen LogP contribution is 2.19. The summed E-state index contributed by atoms with van der Waals surface area (Å²) < 4.78 is 5.34. The molecule has 0 saturated carbocycles. The molecule has 0 fully saturated rings. The van der Waals surface area contributed by atoms with Crippen LogP contribution in [0, 0.1) is 11.8 Å². The molecule has 0 aliphatic carbocycles. The van der Waals surface area contributed by atoms with E-state index in [9.17, 15) is 14.4 Å². The molecule has 1 aliphatic heterocycles. The van der Waals surface area contributed by atoms with Gasteiger partial charge >= 0.3 is 6.09 Å². The zero-order valence-corrected chi connectivity index (χ0v) is 23.2. The lowest BCUT2D eigenvalue weighted by Gasteiger charge is -2.27. The van der Waals surface area contributed by atoms with Crippen LogP contribution in [-0.4, -0.2) is 47.9 Å². The number of alkyl carbamates (subject to hydrolysis) is 1. The maximum atomic E-state index is 13.5. The molecule has 206 valence electrons. The fourth-order valence-electron chi connectivity index (χ4n) is 4.86. The molecule has 2 N–H and O–H groups in total. The smallest absolute Gasteiger partial charge is 0.408 e. The molecule has 7 heteroatoms. The molecule has 38 heavy (non-hydrogen) atoms. The summed E-state index contributed by atoms with van der Waals surface area (Å²) >= 11 is 0. The number of amides is 2. The molecule has 0 saturated heterocycles. The van der Waals surface area contributed by atoms with Crippen molar-refractivity contribution >= 4 is 17.8 Å². The number of nitrogens with zero attached hydrogens (tertiary/aromatic N) is 1. The van der Waals surface area contributed by atoms with E-state index >= 15 is 0 Å². The number of aryl methyl sites for hydroxylation is 1. The van der Waals surface area contributed by atoms with Crippen LogP contribution in [0.2, 0.25) is 0 Å². The molecular formula is C31H43N3O4. The van der Waals surface area contributed by atoms with E-state index in [4.69, 9.17) is 4.74 Å². The number of rotatable bonds is 12. The molecule has 1 heterocycles. The highest BCUT2D eigenvalue weighted by Gasteiger charge is 2.29. The van der Waals surface area contributed by atoms with E-state index in [2.05, 4.69) is 33.7 Å². The van der Waals surface area contributed by atoms with Crippen LogP contribution in [-0.2, 0) is 33.9 Å². The number of ether oxygens (including phenoxy) is 1. The first-order chi connectivity index (χ1) is 18.2. The fraction of sp³-hybridized carbons (Fsp3) is 0.516. The maximum Gasteiger partial charge on any atom is 0.408 e. The number of carbonyl (C=O) groups excluding carboxylic acids is 3. The Labute approximate surface area is 227 Å². The van der Waals surface area contributed by atoms with Gasteiger partial charge in [0.2, 0.25) is 5.91 Å². The number of fused-ring (bicyclic) bond motifs is 1. The minimum absolute atomic E-state index is 0.00128. The molecule has 0 bridgehead atoms. The molecule has 1 unspecified atom stereocenters. The van der Waals surface area contributed by atoms with Crippen molar-refractivity contribution in [2.24, 2.45) is 11.8 Å². The Morgan fingerprint density at radius 2 is 1.47 bits per heavy atom. The monoisotopic (exact) mass is 521 g/mol. The van der Waals surface area contributed by atoms with Crippen LogP contribution in [0.1, 0.15) is 63.6 Å². The molecule has 2 aromatic carbocycles. The van der Waals surface area contributed by atoms with Gasteiger partial charge in [0.25, 0.3) is 0 Å². The third-order valence-electron chi connectivity index (χ3n) is 6.75. The largest absolute Gasteiger partial charge is 0.445 e. The predicted molar refractivity (Wildman–Crippen MR) is 149 cm³/mol. The van der Waals surface area contributed by atoms with Gasteiger partial charge in [-0.1, -0.05) is 82.3 Å². The number of Topliss-reactive ketones (excluding diaryl/α,β-unsaturated/α-hetero) is 1. The van der Waals surface area contributed by atoms with Crippen LogP contribution in [0.3, 0.4) is 0 Å². The van der Waals surface area contributed by atoms with Crippen molar-refractivity contribution in [2.45, 2.75) is 78.6 Å². The lowest BCUT2D eigenvalue weighted by atomic mass is 9.98. The molecule has 2 amide bonds. The lowest BCUT2D eigenvalue weighted by Crippen LogP contribution is -2.53. The van der Waals surface area contributed by atoms with E-state index in [1.165, 1.54) is 11.1 Å². The van der Waals surface area contributed by atoms with E-state index in [1.54, 1.807) is 0 Å². The number of nitrogens with one attached hydrogen (secondary N) is 2. The molecule has 0 radical (unpaired) electrons. The van der Waals surface area contributed by atoms with Crippen molar-refractivity contribution in [1.82, 2.24) is 15.5 Å².